The molecule has 0 bridgehead atoms. The predicted molar refractivity (Wildman–Crippen MR) is 63.9 cm³/mol. The maximum Gasteiger partial charge on any atom is 0.294 e. The molecule has 0 aliphatic rings. The van der Waals surface area contributed by atoms with Crippen molar-refractivity contribution in [3.63, 3.8) is 0 Å². The number of para-hydroxylation sites is 2. The molecule has 0 heterocycles. The van der Waals surface area contributed by atoms with Gasteiger partial charge in [0, 0.05) is 18.7 Å². The average molecular weight is 216 g/mol. The molecule has 0 aliphatic heterocycles. The van der Waals surface area contributed by atoms with E-state index < -0.39 is 4.92 Å². The molecular formula is C12H12N2O2. The summed E-state index contributed by atoms with van der Waals surface area (Å²) in [6, 6.07) is 6.42. The molecule has 4 heteroatoms. The third-order valence-electron chi connectivity index (χ3n) is 1.88. The Bertz CT molecular complexity index is 456. The Labute approximate surface area is 94.2 Å². The lowest BCUT2D eigenvalue weighted by molar-refractivity contribution is -0.384. The number of hydrogen-bond acceptors (Lipinski definition) is 3. The van der Waals surface area contributed by atoms with E-state index in [0.29, 0.717) is 12.1 Å². The van der Waals surface area contributed by atoms with Crippen molar-refractivity contribution >= 4 is 17.6 Å². The summed E-state index contributed by atoms with van der Waals surface area (Å²) in [5.74, 6) is 5.67. The van der Waals surface area contributed by atoms with Gasteiger partial charge in [0.1, 0.15) is 5.69 Å². The van der Waals surface area contributed by atoms with Crippen molar-refractivity contribution in [1.29, 1.82) is 0 Å². The van der Waals surface area contributed by atoms with Crippen molar-refractivity contribution in [2.45, 2.75) is 19.8 Å². The van der Waals surface area contributed by atoms with Crippen LogP contribution >= 0.6 is 0 Å². The van der Waals surface area contributed by atoms with Gasteiger partial charge in [0.05, 0.1) is 4.92 Å². The van der Waals surface area contributed by atoms with E-state index in [1.165, 1.54) is 6.07 Å². The van der Waals surface area contributed by atoms with Crippen LogP contribution in [0.15, 0.2) is 29.3 Å². The molecule has 0 saturated carbocycles. The fourth-order valence-corrected chi connectivity index (χ4v) is 1.15. The maximum absolute atomic E-state index is 10.7. The van der Waals surface area contributed by atoms with Gasteiger partial charge < -0.3 is 0 Å². The molecule has 82 valence electrons. The number of unbranched alkanes of at least 4 members (excludes halogenated alkanes) is 1. The molecule has 0 saturated heterocycles. The van der Waals surface area contributed by atoms with Gasteiger partial charge in [0.25, 0.3) is 5.69 Å². The van der Waals surface area contributed by atoms with Crippen LogP contribution in [0.1, 0.15) is 19.8 Å². The molecular weight excluding hydrogens is 204 g/mol. The largest absolute Gasteiger partial charge is 0.294 e. The Hall–Kier alpha value is -2.15. The fourth-order valence-electron chi connectivity index (χ4n) is 1.15. The van der Waals surface area contributed by atoms with Gasteiger partial charge in [-0.05, 0) is 19.4 Å². The monoisotopic (exact) mass is 216 g/mol. The SMILES string of the molecule is CC#CCC/C=N/c1ccccc1[N+](=O)[O-]. The van der Waals surface area contributed by atoms with Crippen molar-refractivity contribution < 1.29 is 4.92 Å². The van der Waals surface area contributed by atoms with Gasteiger partial charge >= 0.3 is 0 Å². The van der Waals surface area contributed by atoms with Crippen LogP contribution in [0.2, 0.25) is 0 Å². The number of nitrogens with zero attached hydrogens (tertiary/aromatic N) is 2. The van der Waals surface area contributed by atoms with E-state index in [-0.39, 0.29) is 5.69 Å². The van der Waals surface area contributed by atoms with E-state index in [1.54, 1.807) is 31.3 Å². The molecule has 0 radical (unpaired) electrons. The standard InChI is InChI=1S/C12H12N2O2/c1-2-3-4-7-10-13-11-8-5-6-9-12(11)14(15)16/h5-6,8-10H,4,7H2,1H3/b13-10+. The van der Waals surface area contributed by atoms with Gasteiger partial charge in [-0.1, -0.05) is 12.1 Å². The van der Waals surface area contributed by atoms with E-state index in [9.17, 15) is 10.1 Å². The van der Waals surface area contributed by atoms with Crippen LogP contribution < -0.4 is 0 Å². The zero-order valence-corrected chi connectivity index (χ0v) is 9.01. The number of nitro groups is 1. The average Bonchev–Trinajstić information content (AvgIpc) is 2.29. The van der Waals surface area contributed by atoms with E-state index >= 15 is 0 Å². The van der Waals surface area contributed by atoms with Crippen molar-refractivity contribution in [1.82, 2.24) is 0 Å². The van der Waals surface area contributed by atoms with Crippen molar-refractivity contribution in [3.05, 3.63) is 34.4 Å². The summed E-state index contributed by atoms with van der Waals surface area (Å²) in [7, 11) is 0. The molecule has 0 unspecified atom stereocenters. The molecule has 0 spiro atoms. The zero-order chi connectivity index (χ0) is 11.8. The number of aliphatic imine (C=N–C) groups is 1. The minimum Gasteiger partial charge on any atom is -0.258 e. The normalized spacial score (nSPS) is 9.81. The van der Waals surface area contributed by atoms with Crippen LogP contribution in [0.5, 0.6) is 0 Å². The van der Waals surface area contributed by atoms with Gasteiger partial charge in [-0.3, -0.25) is 15.1 Å². The highest BCUT2D eigenvalue weighted by Crippen LogP contribution is 2.25. The van der Waals surface area contributed by atoms with Crippen LogP contribution in [-0.2, 0) is 0 Å². The van der Waals surface area contributed by atoms with Gasteiger partial charge in [-0.15, -0.1) is 11.8 Å². The molecule has 1 aromatic rings. The molecule has 0 aliphatic carbocycles. The van der Waals surface area contributed by atoms with Crippen molar-refractivity contribution in [3.8, 4) is 11.8 Å². The number of hydrogen-bond donors (Lipinski definition) is 0. The molecule has 16 heavy (non-hydrogen) atoms. The van der Waals surface area contributed by atoms with Gasteiger partial charge in [-0.25, -0.2) is 0 Å². The Balaban J connectivity index is 2.71. The predicted octanol–water partition coefficient (Wildman–Crippen LogP) is 3.10. The first-order chi connectivity index (χ1) is 7.75. The van der Waals surface area contributed by atoms with Crippen LogP contribution in [0, 0.1) is 22.0 Å². The second kappa shape index (κ2) is 6.36. The summed E-state index contributed by atoms with van der Waals surface area (Å²) in [5, 5.41) is 10.7. The summed E-state index contributed by atoms with van der Waals surface area (Å²) >= 11 is 0. The topological polar surface area (TPSA) is 55.5 Å². The minimum atomic E-state index is -0.432. The molecule has 0 amide bonds. The van der Waals surface area contributed by atoms with Crippen LogP contribution in [0.25, 0.3) is 0 Å². The maximum atomic E-state index is 10.7. The number of nitro benzene ring substituents is 1. The first-order valence-corrected chi connectivity index (χ1v) is 4.91. The second-order valence-electron chi connectivity index (χ2n) is 3.02. The van der Waals surface area contributed by atoms with Gasteiger partial charge in [-0.2, -0.15) is 0 Å². The zero-order valence-electron chi connectivity index (χ0n) is 9.01. The van der Waals surface area contributed by atoms with Gasteiger partial charge in [0.15, 0.2) is 0 Å². The van der Waals surface area contributed by atoms with E-state index in [2.05, 4.69) is 16.8 Å². The number of rotatable bonds is 4. The molecule has 0 aromatic heterocycles. The van der Waals surface area contributed by atoms with Crippen LogP contribution in [-0.4, -0.2) is 11.1 Å². The Morgan fingerprint density at radius 1 is 1.50 bits per heavy atom. The Kier molecular flexibility index (Phi) is 4.74. The summed E-state index contributed by atoms with van der Waals surface area (Å²) in [6.45, 7) is 1.78. The highest BCUT2D eigenvalue weighted by Gasteiger charge is 2.09. The second-order valence-corrected chi connectivity index (χ2v) is 3.02. The highest BCUT2D eigenvalue weighted by molar-refractivity contribution is 5.68. The third kappa shape index (κ3) is 3.54. The van der Waals surface area contributed by atoms with E-state index in [1.807, 2.05) is 0 Å². The van der Waals surface area contributed by atoms with E-state index in [0.717, 1.165) is 6.42 Å². The van der Waals surface area contributed by atoms with Gasteiger partial charge in [0.2, 0.25) is 0 Å². The highest BCUT2D eigenvalue weighted by atomic mass is 16.6. The van der Waals surface area contributed by atoms with Crippen LogP contribution in [0.4, 0.5) is 11.4 Å². The van der Waals surface area contributed by atoms with Crippen molar-refractivity contribution in [2.24, 2.45) is 4.99 Å². The lowest BCUT2D eigenvalue weighted by Crippen LogP contribution is -1.87. The smallest absolute Gasteiger partial charge is 0.258 e. The molecule has 1 rings (SSSR count). The van der Waals surface area contributed by atoms with Crippen LogP contribution in [0.3, 0.4) is 0 Å². The molecule has 1 aromatic carbocycles. The quantitative estimate of drug-likeness (QED) is 0.255. The minimum absolute atomic E-state index is 0.0281. The first kappa shape index (κ1) is 11.9. The molecule has 0 fully saturated rings. The molecule has 0 N–H and O–H groups in total. The Morgan fingerprint density at radius 2 is 2.25 bits per heavy atom. The summed E-state index contributed by atoms with van der Waals surface area (Å²) < 4.78 is 0. The fraction of sp³-hybridized carbons (Fsp3) is 0.250. The van der Waals surface area contributed by atoms with E-state index in [4.69, 9.17) is 0 Å². The first-order valence-electron chi connectivity index (χ1n) is 4.91. The number of benzene rings is 1. The molecule has 0 atom stereocenters. The summed E-state index contributed by atoms with van der Waals surface area (Å²) in [4.78, 5) is 14.3. The lowest BCUT2D eigenvalue weighted by atomic mass is 10.2. The van der Waals surface area contributed by atoms with Crippen molar-refractivity contribution in [2.75, 3.05) is 0 Å². The summed E-state index contributed by atoms with van der Waals surface area (Å²) in [6.07, 6.45) is 3.08. The molecule has 4 nitrogen and oxygen atoms in total. The Morgan fingerprint density at radius 3 is 2.94 bits per heavy atom. The third-order valence-corrected chi connectivity index (χ3v) is 1.88. The summed E-state index contributed by atoms with van der Waals surface area (Å²) in [5.41, 5.74) is 0.414. The lowest BCUT2D eigenvalue weighted by Gasteiger charge is -1.95.